The Labute approximate surface area is 76.8 Å². The van der Waals surface area contributed by atoms with Gasteiger partial charge in [0.2, 0.25) is 0 Å². The lowest BCUT2D eigenvalue weighted by molar-refractivity contribution is 0.892. The van der Waals surface area contributed by atoms with Crippen molar-refractivity contribution in [3.8, 4) is 0 Å². The van der Waals surface area contributed by atoms with Crippen LogP contribution in [0.2, 0.25) is 0 Å². The molecule has 1 aromatic heterocycles. The lowest BCUT2D eigenvalue weighted by Crippen LogP contribution is -1.82. The predicted molar refractivity (Wildman–Crippen MR) is 50.6 cm³/mol. The number of rotatable bonds is 2. The van der Waals surface area contributed by atoms with Crippen molar-refractivity contribution in [3.63, 3.8) is 0 Å². The Bertz CT molecular complexity index is 301. The third-order valence-corrected chi connectivity index (χ3v) is 3.96. The Hall–Kier alpha value is -0.370. The summed E-state index contributed by atoms with van der Waals surface area (Å²) in [6.07, 6.45) is 4.13. The van der Waals surface area contributed by atoms with E-state index in [1.54, 1.807) is 0 Å². The molecule has 2 unspecified atom stereocenters. The molecule has 2 atom stereocenters. The first-order valence-electron chi connectivity index (χ1n) is 4.80. The van der Waals surface area contributed by atoms with Gasteiger partial charge in [0.15, 0.2) is 0 Å². The van der Waals surface area contributed by atoms with Gasteiger partial charge in [-0.1, -0.05) is 6.92 Å². The maximum absolute atomic E-state index is 4.70. The Morgan fingerprint density at radius 2 is 2.25 bits per heavy atom. The van der Waals surface area contributed by atoms with Crippen molar-refractivity contribution >= 4 is 11.3 Å². The Morgan fingerprint density at radius 3 is 2.83 bits per heavy atom. The summed E-state index contributed by atoms with van der Waals surface area (Å²) in [5.41, 5.74) is 1.38. The summed E-state index contributed by atoms with van der Waals surface area (Å²) >= 11 is 1.88. The third kappa shape index (κ3) is 1.09. The summed E-state index contributed by atoms with van der Waals surface area (Å²) in [5.74, 6) is 2.56. The second kappa shape index (κ2) is 2.32. The van der Waals surface area contributed by atoms with Crippen molar-refractivity contribution in [1.29, 1.82) is 0 Å². The van der Waals surface area contributed by atoms with Gasteiger partial charge in [0.25, 0.3) is 0 Å². The van der Waals surface area contributed by atoms with E-state index in [4.69, 9.17) is 4.98 Å². The molecule has 0 aliphatic heterocycles. The van der Waals surface area contributed by atoms with Gasteiger partial charge in [-0.25, -0.2) is 4.98 Å². The summed E-state index contributed by atoms with van der Waals surface area (Å²) in [4.78, 5) is 4.70. The van der Waals surface area contributed by atoms with E-state index in [1.807, 2.05) is 11.3 Å². The molecule has 2 heteroatoms. The molecule has 2 aliphatic rings. The fraction of sp³-hybridized carbons (Fsp3) is 0.700. The van der Waals surface area contributed by atoms with Crippen LogP contribution in [0.1, 0.15) is 48.7 Å². The molecule has 0 bridgehead atoms. The first-order valence-corrected chi connectivity index (χ1v) is 5.68. The number of aromatic nitrogens is 1. The summed E-state index contributed by atoms with van der Waals surface area (Å²) in [7, 11) is 0. The molecule has 2 fully saturated rings. The SMILES string of the molecule is CC1CC1c1nc(C2CC2)cs1. The van der Waals surface area contributed by atoms with Gasteiger partial charge in [-0.05, 0) is 25.2 Å². The van der Waals surface area contributed by atoms with E-state index in [0.29, 0.717) is 0 Å². The lowest BCUT2D eigenvalue weighted by Gasteiger charge is -1.88. The molecular formula is C10H13NS. The van der Waals surface area contributed by atoms with Crippen molar-refractivity contribution < 1.29 is 0 Å². The Balaban J connectivity index is 1.83. The van der Waals surface area contributed by atoms with Crippen LogP contribution >= 0.6 is 11.3 Å². The van der Waals surface area contributed by atoms with Gasteiger partial charge in [-0.2, -0.15) is 0 Å². The Kier molecular flexibility index (Phi) is 1.37. The summed E-state index contributed by atoms with van der Waals surface area (Å²) in [6.45, 7) is 2.32. The number of nitrogens with zero attached hydrogens (tertiary/aromatic N) is 1. The first kappa shape index (κ1) is 7.07. The molecule has 0 radical (unpaired) electrons. The molecule has 64 valence electrons. The van der Waals surface area contributed by atoms with Crippen molar-refractivity contribution in [2.75, 3.05) is 0 Å². The van der Waals surface area contributed by atoms with Crippen molar-refractivity contribution in [2.45, 2.75) is 38.0 Å². The molecule has 0 spiro atoms. The maximum Gasteiger partial charge on any atom is 0.0962 e. The fourth-order valence-electron chi connectivity index (χ4n) is 1.70. The zero-order valence-corrected chi connectivity index (χ0v) is 8.10. The normalized spacial score (nSPS) is 33.8. The number of hydrogen-bond donors (Lipinski definition) is 0. The van der Waals surface area contributed by atoms with Gasteiger partial charge in [-0.3, -0.25) is 0 Å². The largest absolute Gasteiger partial charge is 0.246 e. The molecule has 1 aromatic rings. The van der Waals surface area contributed by atoms with E-state index < -0.39 is 0 Å². The lowest BCUT2D eigenvalue weighted by atomic mass is 10.3. The fourth-order valence-corrected chi connectivity index (χ4v) is 2.85. The summed E-state index contributed by atoms with van der Waals surface area (Å²) < 4.78 is 0. The van der Waals surface area contributed by atoms with E-state index >= 15 is 0 Å². The van der Waals surface area contributed by atoms with Crippen molar-refractivity contribution in [1.82, 2.24) is 4.98 Å². The van der Waals surface area contributed by atoms with E-state index in [-0.39, 0.29) is 0 Å². The second-order valence-corrected chi connectivity index (χ2v) is 5.09. The maximum atomic E-state index is 4.70. The van der Waals surface area contributed by atoms with Gasteiger partial charge < -0.3 is 0 Å². The average Bonchev–Trinajstić information content (AvgIpc) is 2.96. The van der Waals surface area contributed by atoms with Crippen LogP contribution in [0.4, 0.5) is 0 Å². The zero-order chi connectivity index (χ0) is 8.13. The van der Waals surface area contributed by atoms with Crippen LogP contribution in [-0.4, -0.2) is 4.98 Å². The molecule has 2 saturated carbocycles. The van der Waals surface area contributed by atoms with Crippen molar-refractivity contribution in [2.24, 2.45) is 5.92 Å². The summed E-state index contributed by atoms with van der Waals surface area (Å²) in [6, 6.07) is 0. The molecule has 0 N–H and O–H groups in total. The molecule has 1 heterocycles. The van der Waals surface area contributed by atoms with E-state index in [0.717, 1.165) is 17.8 Å². The molecule has 0 aromatic carbocycles. The average molecular weight is 179 g/mol. The zero-order valence-electron chi connectivity index (χ0n) is 7.29. The van der Waals surface area contributed by atoms with Gasteiger partial charge in [0, 0.05) is 17.2 Å². The molecule has 2 aliphatic carbocycles. The Morgan fingerprint density at radius 1 is 1.50 bits per heavy atom. The highest BCUT2D eigenvalue weighted by atomic mass is 32.1. The predicted octanol–water partition coefficient (Wildman–Crippen LogP) is 3.14. The quantitative estimate of drug-likeness (QED) is 0.679. The monoisotopic (exact) mass is 179 g/mol. The van der Waals surface area contributed by atoms with Crippen LogP contribution in [0.3, 0.4) is 0 Å². The highest BCUT2D eigenvalue weighted by Gasteiger charge is 2.37. The van der Waals surface area contributed by atoms with E-state index in [9.17, 15) is 0 Å². The highest BCUT2D eigenvalue weighted by Crippen LogP contribution is 2.49. The third-order valence-electron chi connectivity index (χ3n) is 2.96. The van der Waals surface area contributed by atoms with Gasteiger partial charge in [0.1, 0.15) is 0 Å². The standard InChI is InChI=1S/C10H13NS/c1-6-4-8(6)10-11-9(5-12-10)7-2-3-7/h5-8H,2-4H2,1H3. The molecule has 3 rings (SSSR count). The topological polar surface area (TPSA) is 12.9 Å². The van der Waals surface area contributed by atoms with Gasteiger partial charge in [-0.15, -0.1) is 11.3 Å². The second-order valence-electron chi connectivity index (χ2n) is 4.20. The van der Waals surface area contributed by atoms with Crippen LogP contribution in [0, 0.1) is 5.92 Å². The van der Waals surface area contributed by atoms with Crippen LogP contribution in [0.5, 0.6) is 0 Å². The molecule has 1 nitrogen and oxygen atoms in total. The minimum absolute atomic E-state index is 0.822. The molecule has 0 amide bonds. The van der Waals surface area contributed by atoms with Crippen LogP contribution in [0.15, 0.2) is 5.38 Å². The van der Waals surface area contributed by atoms with Gasteiger partial charge in [0.05, 0.1) is 10.7 Å². The van der Waals surface area contributed by atoms with Crippen molar-refractivity contribution in [3.05, 3.63) is 16.1 Å². The minimum Gasteiger partial charge on any atom is -0.246 e. The molecule has 0 saturated heterocycles. The summed E-state index contributed by atoms with van der Waals surface area (Å²) in [5, 5.41) is 3.68. The van der Waals surface area contributed by atoms with Crippen LogP contribution < -0.4 is 0 Å². The number of hydrogen-bond acceptors (Lipinski definition) is 2. The van der Waals surface area contributed by atoms with Crippen LogP contribution in [-0.2, 0) is 0 Å². The smallest absolute Gasteiger partial charge is 0.0962 e. The van der Waals surface area contributed by atoms with Gasteiger partial charge >= 0.3 is 0 Å². The molecule has 12 heavy (non-hydrogen) atoms. The number of thiazole rings is 1. The van der Waals surface area contributed by atoms with E-state index in [2.05, 4.69) is 12.3 Å². The molecular weight excluding hydrogens is 166 g/mol. The highest BCUT2D eigenvalue weighted by molar-refractivity contribution is 7.09. The van der Waals surface area contributed by atoms with Crippen LogP contribution in [0.25, 0.3) is 0 Å². The minimum atomic E-state index is 0.822. The first-order chi connectivity index (χ1) is 5.84. The van der Waals surface area contributed by atoms with E-state index in [1.165, 1.54) is 30.0 Å².